The SMILES string of the molecule is O=S(=O)(c1ccc(Cl)c(Br)c1)N1CC[C@H]2CNC[C@H]21. The van der Waals surface area contributed by atoms with Crippen molar-refractivity contribution in [2.45, 2.75) is 17.4 Å². The molecule has 0 saturated carbocycles. The molecule has 0 spiro atoms. The standard InChI is InChI=1S/C12H14BrClN2O2S/c13-10-5-9(1-2-11(10)14)19(17,18)16-4-3-8-6-15-7-12(8)16/h1-2,5,8,12,15H,3-4,6-7H2/t8-,12+/m0/s1. The normalized spacial score (nSPS) is 27.7. The van der Waals surface area contributed by atoms with Gasteiger partial charge in [0.2, 0.25) is 10.0 Å². The van der Waals surface area contributed by atoms with Crippen LogP contribution < -0.4 is 5.32 Å². The Balaban J connectivity index is 1.96. The smallest absolute Gasteiger partial charge is 0.243 e. The van der Waals surface area contributed by atoms with Gasteiger partial charge in [-0.05, 0) is 53.0 Å². The van der Waals surface area contributed by atoms with Gasteiger partial charge in [-0.3, -0.25) is 0 Å². The molecule has 7 heteroatoms. The first kappa shape index (κ1) is 13.8. The number of nitrogens with zero attached hydrogens (tertiary/aromatic N) is 1. The fourth-order valence-electron chi connectivity index (χ4n) is 2.88. The zero-order chi connectivity index (χ0) is 13.6. The predicted octanol–water partition coefficient (Wildman–Crippen LogP) is 2.08. The van der Waals surface area contributed by atoms with Crippen molar-refractivity contribution in [1.29, 1.82) is 0 Å². The lowest BCUT2D eigenvalue weighted by Crippen LogP contribution is -2.39. The molecule has 0 aromatic heterocycles. The van der Waals surface area contributed by atoms with E-state index in [1.807, 2.05) is 0 Å². The molecule has 2 heterocycles. The van der Waals surface area contributed by atoms with Crippen molar-refractivity contribution in [2.75, 3.05) is 19.6 Å². The second-order valence-corrected chi connectivity index (χ2v) is 8.12. The first-order valence-electron chi connectivity index (χ1n) is 6.18. The van der Waals surface area contributed by atoms with Gasteiger partial charge in [-0.2, -0.15) is 4.31 Å². The quantitative estimate of drug-likeness (QED) is 0.873. The van der Waals surface area contributed by atoms with Gasteiger partial charge < -0.3 is 5.32 Å². The van der Waals surface area contributed by atoms with Gasteiger partial charge in [0.25, 0.3) is 0 Å². The molecule has 0 unspecified atom stereocenters. The lowest BCUT2D eigenvalue weighted by molar-refractivity contribution is 0.383. The van der Waals surface area contributed by atoms with Crippen molar-refractivity contribution in [3.05, 3.63) is 27.7 Å². The van der Waals surface area contributed by atoms with Crippen LogP contribution in [0.2, 0.25) is 5.02 Å². The summed E-state index contributed by atoms with van der Waals surface area (Å²) in [6, 6.07) is 4.85. The molecule has 2 fully saturated rings. The van der Waals surface area contributed by atoms with E-state index in [1.54, 1.807) is 22.5 Å². The van der Waals surface area contributed by atoms with Gasteiger partial charge in [-0.25, -0.2) is 8.42 Å². The molecule has 0 bridgehead atoms. The van der Waals surface area contributed by atoms with Gasteiger partial charge in [0, 0.05) is 23.6 Å². The molecule has 1 aromatic carbocycles. The van der Waals surface area contributed by atoms with E-state index in [9.17, 15) is 8.42 Å². The summed E-state index contributed by atoms with van der Waals surface area (Å²) in [5.74, 6) is 0.450. The third kappa shape index (κ3) is 2.34. The maximum absolute atomic E-state index is 12.7. The molecular formula is C12H14BrClN2O2S. The van der Waals surface area contributed by atoms with Crippen LogP contribution in [0.1, 0.15) is 6.42 Å². The highest BCUT2D eigenvalue weighted by molar-refractivity contribution is 9.10. The molecule has 104 valence electrons. The Hall–Kier alpha value is -0.140. The number of hydrogen-bond acceptors (Lipinski definition) is 3. The largest absolute Gasteiger partial charge is 0.315 e. The van der Waals surface area contributed by atoms with Gasteiger partial charge in [0.05, 0.1) is 9.92 Å². The lowest BCUT2D eigenvalue weighted by Gasteiger charge is -2.23. The topological polar surface area (TPSA) is 49.4 Å². The van der Waals surface area contributed by atoms with E-state index in [0.717, 1.165) is 19.5 Å². The number of rotatable bonds is 2. The molecule has 3 rings (SSSR count). The van der Waals surface area contributed by atoms with Crippen LogP contribution in [0.3, 0.4) is 0 Å². The molecule has 0 radical (unpaired) electrons. The zero-order valence-electron chi connectivity index (χ0n) is 10.1. The lowest BCUT2D eigenvalue weighted by atomic mass is 10.1. The highest BCUT2D eigenvalue weighted by atomic mass is 79.9. The molecule has 4 nitrogen and oxygen atoms in total. The summed E-state index contributed by atoms with van der Waals surface area (Å²) in [5.41, 5.74) is 0. The maximum atomic E-state index is 12.7. The zero-order valence-corrected chi connectivity index (χ0v) is 13.3. The Morgan fingerprint density at radius 3 is 2.89 bits per heavy atom. The Kier molecular flexibility index (Phi) is 3.64. The van der Waals surface area contributed by atoms with Crippen molar-refractivity contribution < 1.29 is 8.42 Å². The minimum absolute atomic E-state index is 0.0967. The van der Waals surface area contributed by atoms with Gasteiger partial charge >= 0.3 is 0 Å². The number of benzene rings is 1. The number of halogens is 2. The third-order valence-electron chi connectivity index (χ3n) is 3.89. The minimum Gasteiger partial charge on any atom is -0.315 e. The maximum Gasteiger partial charge on any atom is 0.243 e. The highest BCUT2D eigenvalue weighted by Crippen LogP contribution is 2.34. The Morgan fingerprint density at radius 1 is 1.37 bits per heavy atom. The molecule has 0 amide bonds. The van der Waals surface area contributed by atoms with E-state index in [0.29, 0.717) is 26.9 Å². The van der Waals surface area contributed by atoms with E-state index in [1.165, 1.54) is 0 Å². The highest BCUT2D eigenvalue weighted by Gasteiger charge is 2.43. The van der Waals surface area contributed by atoms with Gasteiger partial charge in [-0.15, -0.1) is 0 Å². The average molecular weight is 366 g/mol. The second-order valence-electron chi connectivity index (χ2n) is 4.97. The average Bonchev–Trinajstić information content (AvgIpc) is 2.94. The van der Waals surface area contributed by atoms with Crippen molar-refractivity contribution >= 4 is 37.6 Å². The summed E-state index contributed by atoms with van der Waals surface area (Å²) in [7, 11) is -3.43. The molecule has 1 N–H and O–H groups in total. The summed E-state index contributed by atoms with van der Waals surface area (Å²) in [6.45, 7) is 2.28. The molecule has 2 atom stereocenters. The van der Waals surface area contributed by atoms with Crippen molar-refractivity contribution in [3.8, 4) is 0 Å². The van der Waals surface area contributed by atoms with Crippen LogP contribution >= 0.6 is 27.5 Å². The van der Waals surface area contributed by atoms with Crippen LogP contribution in [-0.4, -0.2) is 38.4 Å². The van der Waals surface area contributed by atoms with E-state index in [2.05, 4.69) is 21.2 Å². The van der Waals surface area contributed by atoms with Crippen molar-refractivity contribution in [1.82, 2.24) is 9.62 Å². The van der Waals surface area contributed by atoms with Crippen LogP contribution in [0.15, 0.2) is 27.6 Å². The fourth-order valence-corrected chi connectivity index (χ4v) is 5.26. The van der Waals surface area contributed by atoms with Crippen molar-refractivity contribution in [3.63, 3.8) is 0 Å². The predicted molar refractivity (Wildman–Crippen MR) is 77.8 cm³/mol. The summed E-state index contributed by atoms with van der Waals surface area (Å²) in [6.07, 6.45) is 0.936. The van der Waals surface area contributed by atoms with Crippen LogP contribution in [-0.2, 0) is 10.0 Å². The summed E-state index contributed by atoms with van der Waals surface area (Å²) in [5, 5.41) is 3.78. The van der Waals surface area contributed by atoms with E-state index in [-0.39, 0.29) is 6.04 Å². The van der Waals surface area contributed by atoms with Crippen LogP contribution in [0.25, 0.3) is 0 Å². The Morgan fingerprint density at radius 2 is 2.16 bits per heavy atom. The molecule has 19 heavy (non-hydrogen) atoms. The molecule has 2 aliphatic heterocycles. The van der Waals surface area contributed by atoms with Gasteiger partial charge in [0.1, 0.15) is 0 Å². The number of sulfonamides is 1. The van der Waals surface area contributed by atoms with Crippen molar-refractivity contribution in [2.24, 2.45) is 5.92 Å². The first-order valence-corrected chi connectivity index (χ1v) is 8.79. The van der Waals surface area contributed by atoms with Gasteiger partial charge in [0.15, 0.2) is 0 Å². The summed E-state index contributed by atoms with van der Waals surface area (Å²) >= 11 is 9.19. The first-order chi connectivity index (χ1) is 9.00. The minimum atomic E-state index is -3.43. The molecule has 2 aliphatic rings. The van der Waals surface area contributed by atoms with Crippen LogP contribution in [0.4, 0.5) is 0 Å². The number of hydrogen-bond donors (Lipinski definition) is 1. The number of nitrogens with one attached hydrogen (secondary N) is 1. The van der Waals surface area contributed by atoms with E-state index < -0.39 is 10.0 Å². The third-order valence-corrected chi connectivity index (χ3v) is 7.03. The molecule has 1 aromatic rings. The molecule has 0 aliphatic carbocycles. The Bertz CT molecular complexity index is 608. The monoisotopic (exact) mass is 364 g/mol. The summed E-state index contributed by atoms with van der Waals surface area (Å²) < 4.78 is 27.6. The molecular weight excluding hydrogens is 352 g/mol. The summed E-state index contributed by atoms with van der Waals surface area (Å²) in [4.78, 5) is 0.302. The second kappa shape index (κ2) is 5.00. The van der Waals surface area contributed by atoms with E-state index >= 15 is 0 Å². The fraction of sp³-hybridized carbons (Fsp3) is 0.500. The van der Waals surface area contributed by atoms with E-state index in [4.69, 9.17) is 11.6 Å². The van der Waals surface area contributed by atoms with Gasteiger partial charge in [-0.1, -0.05) is 11.6 Å². The Labute approximate surface area is 126 Å². The van der Waals surface area contributed by atoms with Crippen LogP contribution in [0.5, 0.6) is 0 Å². The number of fused-ring (bicyclic) bond motifs is 1. The van der Waals surface area contributed by atoms with Crippen LogP contribution in [0, 0.1) is 5.92 Å². The molecule has 2 saturated heterocycles.